The Bertz CT molecular complexity index is 692. The Morgan fingerprint density at radius 1 is 0.920 bits per heavy atom. The molecule has 4 heterocycles. The molecule has 0 aromatic carbocycles. The Kier molecular flexibility index (Phi) is 4.80. The maximum atomic E-state index is 5.42. The van der Waals surface area contributed by atoms with Gasteiger partial charge in [0.05, 0.1) is 25.5 Å². The zero-order valence-corrected chi connectivity index (χ0v) is 14.6. The molecule has 2 saturated heterocycles. The van der Waals surface area contributed by atoms with Crippen molar-refractivity contribution in [3.63, 3.8) is 0 Å². The molecule has 0 unspecified atom stereocenters. The summed E-state index contributed by atoms with van der Waals surface area (Å²) in [6.07, 6.45) is 1.67. The lowest BCUT2D eigenvalue weighted by atomic mass is 10.2. The predicted molar refractivity (Wildman–Crippen MR) is 93.8 cm³/mol. The van der Waals surface area contributed by atoms with E-state index in [1.54, 1.807) is 6.33 Å². The molecule has 0 spiro atoms. The summed E-state index contributed by atoms with van der Waals surface area (Å²) in [7, 11) is 0. The van der Waals surface area contributed by atoms with Crippen LogP contribution in [0.25, 0.3) is 0 Å². The highest BCUT2D eigenvalue weighted by Crippen LogP contribution is 2.20. The van der Waals surface area contributed by atoms with Gasteiger partial charge in [-0.25, -0.2) is 9.97 Å². The third-order valence-corrected chi connectivity index (χ3v) is 4.73. The van der Waals surface area contributed by atoms with Gasteiger partial charge in [-0.2, -0.15) is 0 Å². The van der Waals surface area contributed by atoms with E-state index < -0.39 is 0 Å². The van der Waals surface area contributed by atoms with Crippen molar-refractivity contribution in [3.05, 3.63) is 29.9 Å². The highest BCUT2D eigenvalue weighted by molar-refractivity contribution is 5.50. The molecule has 0 saturated carbocycles. The standard InChI is InChI=1S/C17H24N6O2/c1-14-10-15(25-20-14)12-21-2-4-22(5-3-21)16-11-17(19-13-18-16)23-6-8-24-9-7-23/h10-11,13H,2-9,12H2,1H3. The number of morpholine rings is 1. The predicted octanol–water partition coefficient (Wildman–Crippen LogP) is 0.932. The average molecular weight is 344 g/mol. The number of ether oxygens (including phenoxy) is 1. The third kappa shape index (κ3) is 3.91. The van der Waals surface area contributed by atoms with Gasteiger partial charge in [-0.1, -0.05) is 5.16 Å². The van der Waals surface area contributed by atoms with E-state index in [-0.39, 0.29) is 0 Å². The number of hydrogen-bond donors (Lipinski definition) is 0. The number of aromatic nitrogens is 3. The summed E-state index contributed by atoms with van der Waals surface area (Å²) in [4.78, 5) is 15.9. The Morgan fingerprint density at radius 2 is 1.60 bits per heavy atom. The van der Waals surface area contributed by atoms with Crippen LogP contribution in [0.5, 0.6) is 0 Å². The molecule has 0 aliphatic carbocycles. The van der Waals surface area contributed by atoms with Crippen LogP contribution >= 0.6 is 0 Å². The summed E-state index contributed by atoms with van der Waals surface area (Å²) in [5.74, 6) is 2.93. The molecule has 2 aliphatic heterocycles. The van der Waals surface area contributed by atoms with E-state index in [4.69, 9.17) is 9.26 Å². The first kappa shape index (κ1) is 16.3. The Balaban J connectivity index is 1.35. The van der Waals surface area contributed by atoms with Gasteiger partial charge in [0, 0.05) is 51.4 Å². The Labute approximate surface area is 147 Å². The lowest BCUT2D eigenvalue weighted by Gasteiger charge is -2.35. The molecule has 8 nitrogen and oxygen atoms in total. The fraction of sp³-hybridized carbons (Fsp3) is 0.588. The number of nitrogens with zero attached hydrogens (tertiary/aromatic N) is 6. The lowest BCUT2D eigenvalue weighted by Crippen LogP contribution is -2.46. The van der Waals surface area contributed by atoms with Gasteiger partial charge in [-0.3, -0.25) is 4.90 Å². The van der Waals surface area contributed by atoms with E-state index >= 15 is 0 Å². The molecular weight excluding hydrogens is 320 g/mol. The van der Waals surface area contributed by atoms with Crippen molar-refractivity contribution in [2.45, 2.75) is 13.5 Å². The van der Waals surface area contributed by atoms with Crippen LogP contribution in [0.2, 0.25) is 0 Å². The van der Waals surface area contributed by atoms with Crippen molar-refractivity contribution < 1.29 is 9.26 Å². The van der Waals surface area contributed by atoms with Gasteiger partial charge in [0.1, 0.15) is 18.0 Å². The van der Waals surface area contributed by atoms with E-state index in [1.165, 1.54) is 0 Å². The number of piperazine rings is 1. The molecule has 134 valence electrons. The van der Waals surface area contributed by atoms with Crippen LogP contribution in [-0.4, -0.2) is 72.5 Å². The van der Waals surface area contributed by atoms with Crippen LogP contribution in [0.1, 0.15) is 11.5 Å². The minimum Gasteiger partial charge on any atom is -0.378 e. The molecule has 0 atom stereocenters. The van der Waals surface area contributed by atoms with Crippen LogP contribution < -0.4 is 9.80 Å². The van der Waals surface area contributed by atoms with E-state index in [0.717, 1.165) is 82.1 Å². The largest absolute Gasteiger partial charge is 0.378 e. The molecule has 2 aliphatic rings. The van der Waals surface area contributed by atoms with Crippen molar-refractivity contribution in [2.24, 2.45) is 0 Å². The smallest absolute Gasteiger partial charge is 0.150 e. The van der Waals surface area contributed by atoms with Crippen molar-refractivity contribution in [1.29, 1.82) is 0 Å². The quantitative estimate of drug-likeness (QED) is 0.811. The first-order chi connectivity index (χ1) is 12.3. The summed E-state index contributed by atoms with van der Waals surface area (Å²) in [6.45, 7) is 9.94. The molecule has 25 heavy (non-hydrogen) atoms. The second-order valence-electron chi connectivity index (χ2n) is 6.53. The molecule has 4 rings (SSSR count). The van der Waals surface area contributed by atoms with Crippen LogP contribution in [0, 0.1) is 6.92 Å². The molecule has 0 N–H and O–H groups in total. The molecule has 0 amide bonds. The van der Waals surface area contributed by atoms with Crippen LogP contribution in [-0.2, 0) is 11.3 Å². The molecular formula is C17H24N6O2. The van der Waals surface area contributed by atoms with Crippen LogP contribution in [0.15, 0.2) is 23.0 Å². The monoisotopic (exact) mass is 344 g/mol. The van der Waals surface area contributed by atoms with Gasteiger partial charge in [0.15, 0.2) is 5.76 Å². The van der Waals surface area contributed by atoms with E-state index in [0.29, 0.717) is 0 Å². The topological polar surface area (TPSA) is 70.8 Å². The zero-order valence-electron chi connectivity index (χ0n) is 14.6. The van der Waals surface area contributed by atoms with Crippen LogP contribution in [0.4, 0.5) is 11.6 Å². The minimum absolute atomic E-state index is 0.763. The van der Waals surface area contributed by atoms with Crippen molar-refractivity contribution in [2.75, 3.05) is 62.3 Å². The fourth-order valence-corrected chi connectivity index (χ4v) is 3.32. The molecule has 2 fully saturated rings. The van der Waals surface area contributed by atoms with Gasteiger partial charge in [0.2, 0.25) is 0 Å². The second-order valence-corrected chi connectivity index (χ2v) is 6.53. The minimum atomic E-state index is 0.763. The molecule has 0 radical (unpaired) electrons. The Hall–Kier alpha value is -2.19. The number of rotatable bonds is 4. The maximum absolute atomic E-state index is 5.42. The van der Waals surface area contributed by atoms with Gasteiger partial charge < -0.3 is 19.1 Å². The summed E-state index contributed by atoms with van der Waals surface area (Å²) in [5.41, 5.74) is 0.935. The first-order valence-electron chi connectivity index (χ1n) is 8.82. The summed E-state index contributed by atoms with van der Waals surface area (Å²) < 4.78 is 10.7. The van der Waals surface area contributed by atoms with Crippen molar-refractivity contribution in [1.82, 2.24) is 20.0 Å². The molecule has 2 aromatic heterocycles. The first-order valence-corrected chi connectivity index (χ1v) is 8.82. The fourth-order valence-electron chi connectivity index (χ4n) is 3.32. The lowest BCUT2D eigenvalue weighted by molar-refractivity contribution is 0.122. The van der Waals surface area contributed by atoms with E-state index in [9.17, 15) is 0 Å². The number of hydrogen-bond acceptors (Lipinski definition) is 8. The van der Waals surface area contributed by atoms with E-state index in [1.807, 2.05) is 13.0 Å². The molecule has 2 aromatic rings. The second kappa shape index (κ2) is 7.37. The maximum Gasteiger partial charge on any atom is 0.150 e. The van der Waals surface area contributed by atoms with Gasteiger partial charge >= 0.3 is 0 Å². The SMILES string of the molecule is Cc1cc(CN2CCN(c3cc(N4CCOCC4)ncn3)CC2)on1. The highest BCUT2D eigenvalue weighted by atomic mass is 16.5. The highest BCUT2D eigenvalue weighted by Gasteiger charge is 2.21. The average Bonchev–Trinajstić information content (AvgIpc) is 3.08. The summed E-state index contributed by atoms with van der Waals surface area (Å²) >= 11 is 0. The van der Waals surface area contributed by atoms with Gasteiger partial charge in [-0.15, -0.1) is 0 Å². The van der Waals surface area contributed by atoms with Crippen LogP contribution in [0.3, 0.4) is 0 Å². The number of anilines is 2. The third-order valence-electron chi connectivity index (χ3n) is 4.73. The Morgan fingerprint density at radius 3 is 2.24 bits per heavy atom. The van der Waals surface area contributed by atoms with Gasteiger partial charge in [0.25, 0.3) is 0 Å². The van der Waals surface area contributed by atoms with Crippen molar-refractivity contribution in [3.8, 4) is 0 Å². The van der Waals surface area contributed by atoms with Gasteiger partial charge in [-0.05, 0) is 6.92 Å². The zero-order chi connectivity index (χ0) is 17.1. The molecule has 8 heteroatoms. The van der Waals surface area contributed by atoms with E-state index in [2.05, 4.69) is 35.9 Å². The normalized spacial score (nSPS) is 19.4. The van der Waals surface area contributed by atoms with Crippen molar-refractivity contribution >= 4 is 11.6 Å². The summed E-state index contributed by atoms with van der Waals surface area (Å²) in [5, 5.41) is 3.96. The molecule has 0 bridgehead atoms. The summed E-state index contributed by atoms with van der Waals surface area (Å²) in [6, 6.07) is 4.10. The number of aryl methyl sites for hydroxylation is 1.